The van der Waals surface area contributed by atoms with Crippen molar-refractivity contribution >= 4 is 10.8 Å². The Morgan fingerprint density at radius 3 is 2.42 bits per heavy atom. The first-order chi connectivity index (χ1) is 15.2. The quantitative estimate of drug-likeness (QED) is 0.386. The zero-order valence-electron chi connectivity index (χ0n) is 17.9. The Morgan fingerprint density at radius 2 is 1.61 bits per heavy atom. The van der Waals surface area contributed by atoms with Crippen LogP contribution in [0.2, 0.25) is 0 Å². The third kappa shape index (κ3) is 4.80. The fourth-order valence-electron chi connectivity index (χ4n) is 3.74. The maximum atomic E-state index is 12.9. The highest BCUT2D eigenvalue weighted by molar-refractivity contribution is 5.90. The first kappa shape index (κ1) is 20.7. The van der Waals surface area contributed by atoms with Crippen LogP contribution in [0.25, 0.3) is 22.0 Å². The molecule has 1 heterocycles. The first-order valence-electron chi connectivity index (χ1n) is 10.7. The monoisotopic (exact) mass is 413 g/mol. The van der Waals surface area contributed by atoms with Crippen molar-refractivity contribution in [2.45, 2.75) is 32.8 Å². The number of aromatic amines is 1. The van der Waals surface area contributed by atoms with E-state index < -0.39 is 0 Å². The number of nitrogens with one attached hydrogen (secondary N) is 1. The molecule has 1 unspecified atom stereocenters. The molecule has 4 heteroatoms. The molecule has 0 bridgehead atoms. The van der Waals surface area contributed by atoms with Gasteiger partial charge in [0.05, 0.1) is 23.8 Å². The maximum absolute atomic E-state index is 12.9. The number of hydrogen-bond donors (Lipinski definition) is 1. The molecule has 158 valence electrons. The second kappa shape index (κ2) is 9.52. The zero-order valence-corrected chi connectivity index (χ0v) is 17.9. The second-order valence-electron chi connectivity index (χ2n) is 7.69. The van der Waals surface area contributed by atoms with Gasteiger partial charge in [-0.15, -0.1) is 0 Å². The first-order valence-corrected chi connectivity index (χ1v) is 10.7. The Balaban J connectivity index is 1.71. The van der Waals surface area contributed by atoms with Gasteiger partial charge >= 0.3 is 0 Å². The molecule has 0 fully saturated rings. The van der Waals surface area contributed by atoms with Gasteiger partial charge in [0.25, 0.3) is 5.56 Å². The van der Waals surface area contributed by atoms with Crippen molar-refractivity contribution in [3.8, 4) is 22.8 Å². The van der Waals surface area contributed by atoms with Gasteiger partial charge in [0.1, 0.15) is 11.5 Å². The molecular weight excluding hydrogens is 386 g/mol. The number of fused-ring (bicyclic) bond motifs is 1. The molecule has 4 rings (SSSR count). The largest absolute Gasteiger partial charge is 0.493 e. The van der Waals surface area contributed by atoms with Crippen LogP contribution in [0.1, 0.15) is 25.8 Å². The summed E-state index contributed by atoms with van der Waals surface area (Å²) in [7, 11) is 0. The van der Waals surface area contributed by atoms with Crippen LogP contribution in [0.15, 0.2) is 83.7 Å². The molecule has 4 nitrogen and oxygen atoms in total. The number of hydrogen-bond acceptors (Lipinski definition) is 3. The SMILES string of the molecule is CCCOc1ccccc1-c1cc2c(OC(C)Cc3ccccc3)cccc2c(=O)[nH]1. The van der Waals surface area contributed by atoms with Crippen molar-refractivity contribution in [1.82, 2.24) is 4.98 Å². The van der Waals surface area contributed by atoms with Crippen molar-refractivity contribution < 1.29 is 9.47 Å². The van der Waals surface area contributed by atoms with Gasteiger partial charge in [-0.05, 0) is 49.2 Å². The summed E-state index contributed by atoms with van der Waals surface area (Å²) in [4.78, 5) is 15.9. The Labute approximate surface area is 182 Å². The van der Waals surface area contributed by atoms with Gasteiger partial charge in [-0.1, -0.05) is 55.5 Å². The van der Waals surface area contributed by atoms with Crippen LogP contribution < -0.4 is 15.0 Å². The topological polar surface area (TPSA) is 51.3 Å². The predicted molar refractivity (Wildman–Crippen MR) is 126 cm³/mol. The van der Waals surface area contributed by atoms with Crippen molar-refractivity contribution in [2.24, 2.45) is 0 Å². The summed E-state index contributed by atoms with van der Waals surface area (Å²) in [5, 5.41) is 1.41. The van der Waals surface area contributed by atoms with Crippen LogP contribution in [-0.2, 0) is 6.42 Å². The summed E-state index contributed by atoms with van der Waals surface area (Å²) in [5.74, 6) is 1.47. The second-order valence-corrected chi connectivity index (χ2v) is 7.69. The molecule has 0 aliphatic carbocycles. The molecule has 4 aromatic rings. The summed E-state index contributed by atoms with van der Waals surface area (Å²) in [5.41, 5.74) is 2.66. The molecule has 3 aromatic carbocycles. The molecular formula is C27H27NO3. The van der Waals surface area contributed by atoms with Crippen molar-refractivity contribution in [3.63, 3.8) is 0 Å². The van der Waals surface area contributed by atoms with Gasteiger partial charge in [0, 0.05) is 17.4 Å². The minimum absolute atomic E-state index is 0.0316. The standard InChI is InChI=1S/C27H27NO3/c1-3-16-30-25-14-8-7-12-22(25)24-18-23-21(27(29)28-24)13-9-15-26(23)31-19(2)17-20-10-5-4-6-11-20/h4-15,18-19H,3,16-17H2,1-2H3,(H,28,29). The van der Waals surface area contributed by atoms with Crippen LogP contribution in [0.3, 0.4) is 0 Å². The molecule has 0 spiro atoms. The molecule has 0 saturated heterocycles. The van der Waals surface area contributed by atoms with Crippen LogP contribution >= 0.6 is 0 Å². The highest BCUT2D eigenvalue weighted by Crippen LogP contribution is 2.32. The average Bonchev–Trinajstić information content (AvgIpc) is 2.79. The lowest BCUT2D eigenvalue weighted by atomic mass is 10.1. The normalized spacial score (nSPS) is 11.9. The van der Waals surface area contributed by atoms with Crippen LogP contribution in [-0.4, -0.2) is 17.7 Å². The number of rotatable bonds is 8. The Bertz CT molecular complexity index is 1210. The van der Waals surface area contributed by atoms with Crippen LogP contribution in [0.5, 0.6) is 11.5 Å². The summed E-state index contributed by atoms with van der Waals surface area (Å²) < 4.78 is 12.2. The van der Waals surface area contributed by atoms with E-state index in [1.54, 1.807) is 0 Å². The zero-order chi connectivity index (χ0) is 21.6. The minimum atomic E-state index is -0.140. The van der Waals surface area contributed by atoms with Crippen molar-refractivity contribution in [2.75, 3.05) is 6.61 Å². The molecule has 31 heavy (non-hydrogen) atoms. The van der Waals surface area contributed by atoms with Gasteiger partial charge in [0.2, 0.25) is 0 Å². The number of benzene rings is 3. The van der Waals surface area contributed by atoms with E-state index in [1.807, 2.05) is 73.7 Å². The number of aromatic nitrogens is 1. The third-order valence-electron chi connectivity index (χ3n) is 5.18. The summed E-state index contributed by atoms with van der Waals surface area (Å²) >= 11 is 0. The highest BCUT2D eigenvalue weighted by Gasteiger charge is 2.14. The predicted octanol–water partition coefficient (Wildman–Crippen LogP) is 5.99. The minimum Gasteiger partial charge on any atom is -0.493 e. The molecule has 0 aliphatic rings. The van der Waals surface area contributed by atoms with E-state index in [1.165, 1.54) is 5.56 Å². The number of para-hydroxylation sites is 1. The van der Waals surface area contributed by atoms with Gasteiger partial charge in [-0.25, -0.2) is 0 Å². The van der Waals surface area contributed by atoms with Gasteiger partial charge < -0.3 is 14.5 Å². The lowest BCUT2D eigenvalue weighted by molar-refractivity contribution is 0.225. The van der Waals surface area contributed by atoms with E-state index in [9.17, 15) is 4.79 Å². The Kier molecular flexibility index (Phi) is 6.37. The molecule has 1 atom stereocenters. The maximum Gasteiger partial charge on any atom is 0.256 e. The average molecular weight is 414 g/mol. The summed E-state index contributed by atoms with van der Waals surface area (Å²) in [6.07, 6.45) is 1.68. The molecule has 0 saturated carbocycles. The molecule has 1 N–H and O–H groups in total. The van der Waals surface area contributed by atoms with E-state index in [-0.39, 0.29) is 11.7 Å². The van der Waals surface area contributed by atoms with E-state index in [4.69, 9.17) is 9.47 Å². The van der Waals surface area contributed by atoms with Crippen molar-refractivity contribution in [1.29, 1.82) is 0 Å². The van der Waals surface area contributed by atoms with E-state index >= 15 is 0 Å². The van der Waals surface area contributed by atoms with Gasteiger partial charge in [-0.3, -0.25) is 4.79 Å². The van der Waals surface area contributed by atoms with E-state index in [2.05, 4.69) is 24.0 Å². The van der Waals surface area contributed by atoms with Crippen LogP contribution in [0.4, 0.5) is 0 Å². The van der Waals surface area contributed by atoms with E-state index in [0.717, 1.165) is 35.2 Å². The fraction of sp³-hybridized carbons (Fsp3) is 0.222. The lowest BCUT2D eigenvalue weighted by Gasteiger charge is -2.17. The molecule has 1 aromatic heterocycles. The summed E-state index contributed by atoms with van der Waals surface area (Å²) in [6.45, 7) is 4.74. The summed E-state index contributed by atoms with van der Waals surface area (Å²) in [6, 6.07) is 25.6. The van der Waals surface area contributed by atoms with E-state index in [0.29, 0.717) is 17.7 Å². The van der Waals surface area contributed by atoms with Crippen molar-refractivity contribution in [3.05, 3.63) is 94.8 Å². The number of ether oxygens (including phenoxy) is 2. The fourth-order valence-corrected chi connectivity index (χ4v) is 3.74. The highest BCUT2D eigenvalue weighted by atomic mass is 16.5. The molecule has 0 amide bonds. The number of H-pyrrole nitrogens is 1. The lowest BCUT2D eigenvalue weighted by Crippen LogP contribution is -2.16. The number of pyridine rings is 1. The van der Waals surface area contributed by atoms with Gasteiger partial charge in [-0.2, -0.15) is 0 Å². The van der Waals surface area contributed by atoms with Crippen LogP contribution in [0, 0.1) is 0 Å². The Morgan fingerprint density at radius 1 is 0.871 bits per heavy atom. The smallest absolute Gasteiger partial charge is 0.256 e. The van der Waals surface area contributed by atoms with Gasteiger partial charge in [0.15, 0.2) is 0 Å². The Hall–Kier alpha value is -3.53. The molecule has 0 aliphatic heterocycles. The molecule has 0 radical (unpaired) electrons. The third-order valence-corrected chi connectivity index (χ3v) is 5.18.